The predicted molar refractivity (Wildman–Crippen MR) is 129 cm³/mol. The van der Waals surface area contributed by atoms with Crippen molar-refractivity contribution in [1.82, 2.24) is 5.32 Å². The van der Waals surface area contributed by atoms with E-state index in [0.717, 1.165) is 16.1 Å². The van der Waals surface area contributed by atoms with Gasteiger partial charge in [0.25, 0.3) is 0 Å². The molecule has 33 heavy (non-hydrogen) atoms. The van der Waals surface area contributed by atoms with E-state index < -0.39 is 15.9 Å². The van der Waals surface area contributed by atoms with Crippen molar-refractivity contribution in [2.75, 3.05) is 17.1 Å². The highest BCUT2D eigenvalue weighted by molar-refractivity contribution is 7.92. The van der Waals surface area contributed by atoms with Gasteiger partial charge >= 0.3 is 0 Å². The molecular formula is C25H28N2O5S. The van der Waals surface area contributed by atoms with Crippen LogP contribution in [0.2, 0.25) is 0 Å². The highest BCUT2D eigenvalue weighted by Gasteiger charge is 2.21. The first-order chi connectivity index (χ1) is 15.7. The van der Waals surface area contributed by atoms with Crippen molar-refractivity contribution >= 4 is 21.6 Å². The summed E-state index contributed by atoms with van der Waals surface area (Å²) in [4.78, 5) is 12.5. The van der Waals surface area contributed by atoms with Gasteiger partial charge < -0.3 is 14.8 Å². The topological polar surface area (TPSA) is 84.9 Å². The first-order valence-corrected chi connectivity index (χ1v) is 12.4. The second-order valence-electron chi connectivity index (χ2n) is 7.77. The lowest BCUT2D eigenvalue weighted by Gasteiger charge is -2.22. The van der Waals surface area contributed by atoms with E-state index >= 15 is 0 Å². The van der Waals surface area contributed by atoms with Gasteiger partial charge in [-0.15, -0.1) is 0 Å². The van der Waals surface area contributed by atoms with Crippen molar-refractivity contribution in [3.8, 4) is 17.2 Å². The van der Waals surface area contributed by atoms with E-state index in [1.807, 2.05) is 68.4 Å². The normalized spacial score (nSPS) is 11.2. The largest absolute Gasteiger partial charge is 0.491 e. The van der Waals surface area contributed by atoms with E-state index in [-0.39, 0.29) is 19.2 Å². The second kappa shape index (κ2) is 10.9. The molecule has 0 saturated heterocycles. The lowest BCUT2D eigenvalue weighted by atomic mass is 10.2. The van der Waals surface area contributed by atoms with Crippen LogP contribution in [0, 0.1) is 0 Å². The van der Waals surface area contributed by atoms with Gasteiger partial charge in [0.15, 0.2) is 0 Å². The van der Waals surface area contributed by atoms with E-state index in [2.05, 4.69) is 5.32 Å². The molecule has 0 unspecified atom stereocenters. The molecule has 0 aliphatic carbocycles. The highest BCUT2D eigenvalue weighted by Crippen LogP contribution is 2.25. The Bertz CT molecular complexity index is 1160. The predicted octanol–water partition coefficient (Wildman–Crippen LogP) is 4.35. The Hall–Kier alpha value is -3.52. The SMILES string of the molecule is CC(C)Oc1cccc(CNC(=O)CN(c2ccc(Oc3ccccc3)cc2)S(C)(=O)=O)c1. The number of benzene rings is 3. The molecule has 0 saturated carbocycles. The van der Waals surface area contributed by atoms with Gasteiger partial charge in [-0.25, -0.2) is 8.42 Å². The molecule has 0 spiro atoms. The first-order valence-electron chi connectivity index (χ1n) is 10.5. The number of carbonyl (C=O) groups is 1. The van der Waals surface area contributed by atoms with Crippen molar-refractivity contribution in [2.24, 2.45) is 0 Å². The van der Waals surface area contributed by atoms with Crippen molar-refractivity contribution in [3.63, 3.8) is 0 Å². The average Bonchev–Trinajstić information content (AvgIpc) is 2.76. The molecule has 0 atom stereocenters. The van der Waals surface area contributed by atoms with Crippen LogP contribution in [-0.2, 0) is 21.4 Å². The Morgan fingerprint density at radius 3 is 2.18 bits per heavy atom. The van der Waals surface area contributed by atoms with Crippen LogP contribution in [0.1, 0.15) is 19.4 Å². The molecule has 3 aromatic rings. The van der Waals surface area contributed by atoms with Crippen LogP contribution in [0.4, 0.5) is 5.69 Å². The van der Waals surface area contributed by atoms with Crippen LogP contribution in [0.5, 0.6) is 17.2 Å². The zero-order valence-electron chi connectivity index (χ0n) is 18.9. The Morgan fingerprint density at radius 1 is 0.909 bits per heavy atom. The number of hydrogen-bond donors (Lipinski definition) is 1. The Morgan fingerprint density at radius 2 is 1.55 bits per heavy atom. The maximum Gasteiger partial charge on any atom is 0.241 e. The number of anilines is 1. The minimum absolute atomic E-state index is 0.0441. The summed E-state index contributed by atoms with van der Waals surface area (Å²) in [6.07, 6.45) is 1.11. The van der Waals surface area contributed by atoms with Gasteiger partial charge in [-0.05, 0) is 67.9 Å². The van der Waals surface area contributed by atoms with Gasteiger partial charge in [-0.2, -0.15) is 0 Å². The number of nitrogens with zero attached hydrogens (tertiary/aromatic N) is 1. The first kappa shape index (κ1) is 24.1. The maximum absolute atomic E-state index is 12.5. The molecular weight excluding hydrogens is 440 g/mol. The van der Waals surface area contributed by atoms with Crippen LogP contribution >= 0.6 is 0 Å². The summed E-state index contributed by atoms with van der Waals surface area (Å²) in [5.74, 6) is 1.53. The van der Waals surface area contributed by atoms with Crippen molar-refractivity contribution in [1.29, 1.82) is 0 Å². The fourth-order valence-corrected chi connectivity index (χ4v) is 3.95. The van der Waals surface area contributed by atoms with Gasteiger partial charge in [0.1, 0.15) is 23.8 Å². The zero-order valence-corrected chi connectivity index (χ0v) is 19.7. The minimum atomic E-state index is -3.68. The molecule has 0 heterocycles. The third-order valence-corrected chi connectivity index (χ3v) is 5.69. The number of amides is 1. The molecule has 3 aromatic carbocycles. The standard InChI is InChI=1S/C25H28N2O5S/c1-19(2)31-24-11-7-8-20(16-24)17-26-25(28)18-27(33(3,29)30)21-12-14-23(15-13-21)32-22-9-5-4-6-10-22/h4-16,19H,17-18H2,1-3H3,(H,26,28). The number of nitrogens with one attached hydrogen (secondary N) is 1. The number of para-hydroxylation sites is 1. The Balaban J connectivity index is 1.64. The maximum atomic E-state index is 12.5. The van der Waals surface area contributed by atoms with Crippen molar-refractivity contribution in [2.45, 2.75) is 26.5 Å². The van der Waals surface area contributed by atoms with Crippen molar-refractivity contribution in [3.05, 3.63) is 84.4 Å². The molecule has 1 amide bonds. The average molecular weight is 469 g/mol. The molecule has 3 rings (SSSR count). The number of ether oxygens (including phenoxy) is 2. The summed E-state index contributed by atoms with van der Waals surface area (Å²) in [5, 5.41) is 2.77. The molecule has 0 aliphatic rings. The van der Waals surface area contributed by atoms with Crippen LogP contribution in [0.3, 0.4) is 0 Å². The number of rotatable bonds is 10. The van der Waals surface area contributed by atoms with Crippen LogP contribution < -0.4 is 19.1 Å². The summed E-state index contributed by atoms with van der Waals surface area (Å²) in [5.41, 5.74) is 1.23. The lowest BCUT2D eigenvalue weighted by molar-refractivity contribution is -0.119. The molecule has 0 radical (unpaired) electrons. The zero-order chi connectivity index (χ0) is 23.8. The quantitative estimate of drug-likeness (QED) is 0.478. The highest BCUT2D eigenvalue weighted by atomic mass is 32.2. The molecule has 0 fully saturated rings. The third kappa shape index (κ3) is 7.54. The Labute approximate surface area is 195 Å². The molecule has 0 aromatic heterocycles. The van der Waals surface area contributed by atoms with Gasteiger partial charge in [0.2, 0.25) is 15.9 Å². The van der Waals surface area contributed by atoms with E-state index in [0.29, 0.717) is 22.9 Å². The number of hydrogen-bond acceptors (Lipinski definition) is 5. The summed E-state index contributed by atoms with van der Waals surface area (Å²) >= 11 is 0. The lowest BCUT2D eigenvalue weighted by Crippen LogP contribution is -2.40. The van der Waals surface area contributed by atoms with Crippen LogP contribution in [0.15, 0.2) is 78.9 Å². The summed E-state index contributed by atoms with van der Waals surface area (Å²) in [7, 11) is -3.68. The molecule has 8 heteroatoms. The van der Waals surface area contributed by atoms with Gasteiger partial charge in [0, 0.05) is 6.54 Å². The third-order valence-electron chi connectivity index (χ3n) is 4.55. The fourth-order valence-electron chi connectivity index (χ4n) is 3.09. The summed E-state index contributed by atoms with van der Waals surface area (Å²) < 4.78 is 37.2. The van der Waals surface area contributed by atoms with Crippen LogP contribution in [0.25, 0.3) is 0 Å². The van der Waals surface area contributed by atoms with Crippen molar-refractivity contribution < 1.29 is 22.7 Å². The number of carbonyl (C=O) groups excluding carboxylic acids is 1. The van der Waals surface area contributed by atoms with Crippen LogP contribution in [-0.4, -0.2) is 33.2 Å². The van der Waals surface area contributed by atoms with E-state index in [9.17, 15) is 13.2 Å². The molecule has 1 N–H and O–H groups in total. The molecule has 0 bridgehead atoms. The minimum Gasteiger partial charge on any atom is -0.491 e. The Kier molecular flexibility index (Phi) is 7.95. The smallest absolute Gasteiger partial charge is 0.241 e. The van der Waals surface area contributed by atoms with Gasteiger partial charge in [-0.1, -0.05) is 30.3 Å². The monoisotopic (exact) mass is 468 g/mol. The summed E-state index contributed by atoms with van der Waals surface area (Å²) in [6, 6.07) is 23.2. The molecule has 7 nitrogen and oxygen atoms in total. The van der Waals surface area contributed by atoms with E-state index in [4.69, 9.17) is 9.47 Å². The molecule has 0 aliphatic heterocycles. The summed E-state index contributed by atoms with van der Waals surface area (Å²) in [6.45, 7) is 3.80. The molecule has 174 valence electrons. The van der Waals surface area contributed by atoms with Gasteiger partial charge in [0.05, 0.1) is 18.0 Å². The van der Waals surface area contributed by atoms with E-state index in [1.54, 1.807) is 24.3 Å². The number of sulfonamides is 1. The van der Waals surface area contributed by atoms with E-state index in [1.165, 1.54) is 0 Å². The second-order valence-corrected chi connectivity index (χ2v) is 9.68. The van der Waals surface area contributed by atoms with Gasteiger partial charge in [-0.3, -0.25) is 9.10 Å². The fraction of sp³-hybridized carbons (Fsp3) is 0.240.